The summed E-state index contributed by atoms with van der Waals surface area (Å²) in [6.07, 6.45) is 6.33. The Bertz CT molecular complexity index is 1080. The second-order valence-corrected chi connectivity index (χ2v) is 11.2. The lowest BCUT2D eigenvalue weighted by molar-refractivity contribution is 0.590. The number of benzene rings is 3. The van der Waals surface area contributed by atoms with Gasteiger partial charge in [-0.25, -0.2) is 0 Å². The van der Waals surface area contributed by atoms with Crippen molar-refractivity contribution in [2.75, 3.05) is 23.7 Å². The molecule has 2 heteroatoms. The summed E-state index contributed by atoms with van der Waals surface area (Å²) in [6.45, 7) is 17.5. The fourth-order valence-corrected chi connectivity index (χ4v) is 4.96. The van der Waals surface area contributed by atoms with Gasteiger partial charge in [0.2, 0.25) is 0 Å². The standard InChI is InChI=1S/C12H17N.C12H16.C8H9N.C2H6/c1-12(2,3)10-4-5-11-9(8-10)6-7-13-11;1-9(2)11-7-6-10-4-3-5-12(10)8-11;1-2-4-8-7(3-1)5-6-9-8;1-2/h4-5,8,13H,6-7H2,1-3H3;6-9H,3-5H2,1-2H3;1-4,9H,5-6H2;1-2H3. The predicted molar refractivity (Wildman–Crippen MR) is 160 cm³/mol. The average molecular weight is 485 g/mol. The van der Waals surface area contributed by atoms with E-state index in [1.165, 1.54) is 65.7 Å². The molecule has 3 aromatic carbocycles. The Balaban J connectivity index is 0.000000147. The van der Waals surface area contributed by atoms with Gasteiger partial charge in [-0.2, -0.15) is 0 Å². The number of nitrogens with one attached hydrogen (secondary N) is 2. The third-order valence-electron chi connectivity index (χ3n) is 7.20. The maximum absolute atomic E-state index is 3.38. The maximum atomic E-state index is 3.38. The lowest BCUT2D eigenvalue weighted by atomic mass is 9.86. The van der Waals surface area contributed by atoms with Gasteiger partial charge in [0.15, 0.2) is 0 Å². The van der Waals surface area contributed by atoms with E-state index in [4.69, 9.17) is 0 Å². The van der Waals surface area contributed by atoms with E-state index < -0.39 is 0 Å². The summed E-state index contributed by atoms with van der Waals surface area (Å²) < 4.78 is 0. The highest BCUT2D eigenvalue weighted by atomic mass is 14.9. The smallest absolute Gasteiger partial charge is 0.0373 e. The molecule has 2 heterocycles. The molecule has 2 aliphatic heterocycles. The molecule has 0 amide bonds. The van der Waals surface area contributed by atoms with Crippen LogP contribution >= 0.6 is 0 Å². The van der Waals surface area contributed by atoms with Crippen LogP contribution in [0.2, 0.25) is 0 Å². The molecule has 0 bridgehead atoms. The van der Waals surface area contributed by atoms with Gasteiger partial charge in [0.1, 0.15) is 0 Å². The first-order valence-electron chi connectivity index (χ1n) is 14.1. The lowest BCUT2D eigenvalue weighted by Crippen LogP contribution is -2.10. The van der Waals surface area contributed by atoms with Gasteiger partial charge in [-0.15, -0.1) is 0 Å². The highest BCUT2D eigenvalue weighted by molar-refractivity contribution is 5.57. The molecule has 6 rings (SSSR count). The summed E-state index contributed by atoms with van der Waals surface area (Å²) in [5.74, 6) is 0.677. The summed E-state index contributed by atoms with van der Waals surface area (Å²) in [5, 5.41) is 6.68. The Morgan fingerprint density at radius 3 is 1.94 bits per heavy atom. The van der Waals surface area contributed by atoms with E-state index in [1.54, 1.807) is 11.1 Å². The minimum absolute atomic E-state index is 0.275. The van der Waals surface area contributed by atoms with Gasteiger partial charge < -0.3 is 10.6 Å². The van der Waals surface area contributed by atoms with Crippen LogP contribution < -0.4 is 10.6 Å². The van der Waals surface area contributed by atoms with Gasteiger partial charge in [0.05, 0.1) is 0 Å². The first-order chi connectivity index (χ1) is 17.3. The summed E-state index contributed by atoms with van der Waals surface area (Å²) >= 11 is 0. The van der Waals surface area contributed by atoms with Crippen LogP contribution in [0.15, 0.2) is 60.7 Å². The van der Waals surface area contributed by atoms with E-state index in [1.807, 2.05) is 13.8 Å². The van der Waals surface area contributed by atoms with Crippen molar-refractivity contribution in [3.8, 4) is 0 Å². The van der Waals surface area contributed by atoms with Crippen LogP contribution in [0.25, 0.3) is 0 Å². The molecule has 0 radical (unpaired) electrons. The van der Waals surface area contributed by atoms with Gasteiger partial charge >= 0.3 is 0 Å². The van der Waals surface area contributed by atoms with Crippen molar-refractivity contribution in [3.05, 3.63) is 94.0 Å². The number of para-hydroxylation sites is 1. The third-order valence-corrected chi connectivity index (χ3v) is 7.20. The van der Waals surface area contributed by atoms with Crippen LogP contribution in [-0.2, 0) is 31.1 Å². The Morgan fingerprint density at radius 1 is 0.639 bits per heavy atom. The van der Waals surface area contributed by atoms with Crippen LogP contribution in [0.5, 0.6) is 0 Å². The first-order valence-corrected chi connectivity index (χ1v) is 14.1. The third kappa shape index (κ3) is 7.38. The fraction of sp³-hybridized carbons (Fsp3) is 0.471. The zero-order valence-electron chi connectivity index (χ0n) is 23.8. The van der Waals surface area contributed by atoms with Gasteiger partial charge in [-0.3, -0.25) is 0 Å². The molecule has 36 heavy (non-hydrogen) atoms. The summed E-state index contributed by atoms with van der Waals surface area (Å²) in [5.41, 5.74) is 12.0. The van der Waals surface area contributed by atoms with Gasteiger partial charge in [0.25, 0.3) is 0 Å². The average Bonchev–Trinajstić information content (AvgIpc) is 3.65. The quantitative estimate of drug-likeness (QED) is 0.360. The van der Waals surface area contributed by atoms with E-state index in [0.29, 0.717) is 5.92 Å². The van der Waals surface area contributed by atoms with Crippen molar-refractivity contribution in [1.29, 1.82) is 0 Å². The van der Waals surface area contributed by atoms with Crippen molar-refractivity contribution >= 4 is 11.4 Å². The number of rotatable bonds is 1. The molecule has 3 aromatic rings. The lowest BCUT2D eigenvalue weighted by Gasteiger charge is -2.19. The number of hydrogen-bond acceptors (Lipinski definition) is 2. The number of fused-ring (bicyclic) bond motifs is 3. The minimum atomic E-state index is 0.275. The SMILES string of the molecule is CC.CC(C)(C)c1ccc2c(c1)CCN2.CC(C)c1ccc2c(c1)CCC2.c1ccc2c(c1)CCN2. The van der Waals surface area contributed by atoms with Crippen molar-refractivity contribution in [2.45, 2.75) is 91.9 Å². The molecule has 0 fully saturated rings. The predicted octanol–water partition coefficient (Wildman–Crippen LogP) is 8.93. The van der Waals surface area contributed by atoms with Crippen LogP contribution in [0.4, 0.5) is 11.4 Å². The zero-order chi connectivity index (χ0) is 26.1. The highest BCUT2D eigenvalue weighted by Crippen LogP contribution is 2.29. The molecule has 3 aliphatic rings. The minimum Gasteiger partial charge on any atom is -0.384 e. The van der Waals surface area contributed by atoms with E-state index in [-0.39, 0.29) is 5.41 Å². The van der Waals surface area contributed by atoms with Gasteiger partial charge in [0, 0.05) is 24.5 Å². The Kier molecular flexibility index (Phi) is 10.0. The Morgan fingerprint density at radius 2 is 1.28 bits per heavy atom. The number of aryl methyl sites for hydroxylation is 2. The van der Waals surface area contributed by atoms with Crippen LogP contribution in [0.3, 0.4) is 0 Å². The van der Waals surface area contributed by atoms with Crippen molar-refractivity contribution in [1.82, 2.24) is 0 Å². The normalized spacial score (nSPS) is 14.4. The second kappa shape index (κ2) is 13.0. The van der Waals surface area contributed by atoms with E-state index in [9.17, 15) is 0 Å². The largest absolute Gasteiger partial charge is 0.384 e. The van der Waals surface area contributed by atoms with E-state index >= 15 is 0 Å². The highest BCUT2D eigenvalue weighted by Gasteiger charge is 2.17. The molecule has 2 N–H and O–H groups in total. The summed E-state index contributed by atoms with van der Waals surface area (Å²) in [7, 11) is 0. The fourth-order valence-electron chi connectivity index (χ4n) is 4.96. The number of hydrogen-bond donors (Lipinski definition) is 2. The van der Waals surface area contributed by atoms with Crippen molar-refractivity contribution in [2.24, 2.45) is 0 Å². The molecule has 1 aliphatic carbocycles. The molecular weight excluding hydrogens is 436 g/mol. The molecule has 0 atom stereocenters. The molecule has 194 valence electrons. The molecule has 0 spiro atoms. The molecule has 0 aromatic heterocycles. The molecule has 0 saturated heterocycles. The van der Waals surface area contributed by atoms with Crippen molar-refractivity contribution in [3.63, 3.8) is 0 Å². The maximum Gasteiger partial charge on any atom is 0.0373 e. The van der Waals surface area contributed by atoms with Crippen molar-refractivity contribution < 1.29 is 0 Å². The first kappa shape index (κ1) is 27.8. The molecule has 0 saturated carbocycles. The van der Waals surface area contributed by atoms with Crippen LogP contribution in [0, 0.1) is 0 Å². The summed E-state index contributed by atoms with van der Waals surface area (Å²) in [4.78, 5) is 0. The second-order valence-electron chi connectivity index (χ2n) is 11.2. The molecule has 0 unspecified atom stereocenters. The number of anilines is 2. The monoisotopic (exact) mass is 484 g/mol. The molecule has 2 nitrogen and oxygen atoms in total. The van der Waals surface area contributed by atoms with E-state index in [0.717, 1.165) is 13.1 Å². The van der Waals surface area contributed by atoms with E-state index in [2.05, 4.69) is 106 Å². The Hall–Kier alpha value is -2.74. The van der Waals surface area contributed by atoms with Gasteiger partial charge in [-0.1, -0.05) is 97.0 Å². The summed E-state index contributed by atoms with van der Waals surface area (Å²) in [6, 6.07) is 22.2. The molecular formula is C34H48N2. The van der Waals surface area contributed by atoms with Gasteiger partial charge in [-0.05, 0) is 89.0 Å². The van der Waals surface area contributed by atoms with Crippen LogP contribution in [0.1, 0.15) is 94.2 Å². The van der Waals surface area contributed by atoms with Crippen LogP contribution in [-0.4, -0.2) is 13.1 Å². The topological polar surface area (TPSA) is 24.1 Å². The zero-order valence-corrected chi connectivity index (χ0v) is 23.8. The Labute approximate surface area is 220 Å².